The van der Waals surface area contributed by atoms with Crippen LogP contribution in [0.2, 0.25) is 0 Å². The number of aromatic hydroxyl groups is 2. The summed E-state index contributed by atoms with van der Waals surface area (Å²) in [5, 5.41) is 29.3. The van der Waals surface area contributed by atoms with Gasteiger partial charge >= 0.3 is 0 Å². The Labute approximate surface area is 107 Å². The molecule has 5 N–H and O–H groups in total. The normalized spacial score (nSPS) is 20.6. The molecule has 0 saturated heterocycles. The first-order chi connectivity index (χ1) is 8.59. The van der Waals surface area contributed by atoms with Crippen LogP contribution in [0.5, 0.6) is 11.5 Å². The monoisotopic (exact) mass is 251 g/mol. The molecule has 0 heterocycles. The number of aliphatic hydroxyl groups excluding tert-OH is 1. The summed E-state index contributed by atoms with van der Waals surface area (Å²) in [7, 11) is 0. The average molecular weight is 251 g/mol. The Bertz CT molecular complexity index is 402. The fourth-order valence-corrected chi connectivity index (χ4v) is 2.77. The van der Waals surface area contributed by atoms with E-state index < -0.39 is 12.1 Å². The van der Waals surface area contributed by atoms with E-state index in [0.717, 1.165) is 25.7 Å². The van der Waals surface area contributed by atoms with Crippen molar-refractivity contribution in [3.05, 3.63) is 23.8 Å². The van der Waals surface area contributed by atoms with Crippen LogP contribution in [0.1, 0.15) is 43.7 Å². The van der Waals surface area contributed by atoms with E-state index in [4.69, 9.17) is 5.73 Å². The van der Waals surface area contributed by atoms with Crippen LogP contribution in [0.15, 0.2) is 18.2 Å². The van der Waals surface area contributed by atoms with E-state index in [1.165, 1.54) is 18.6 Å². The molecule has 1 aromatic rings. The molecule has 1 fully saturated rings. The molecule has 18 heavy (non-hydrogen) atoms. The number of aliphatic hydroxyl groups is 1. The molecule has 2 atom stereocenters. The van der Waals surface area contributed by atoms with Crippen molar-refractivity contribution in [1.29, 1.82) is 0 Å². The topological polar surface area (TPSA) is 86.7 Å². The molecule has 100 valence electrons. The number of hydrogen-bond acceptors (Lipinski definition) is 4. The van der Waals surface area contributed by atoms with Crippen molar-refractivity contribution >= 4 is 0 Å². The van der Waals surface area contributed by atoms with Crippen molar-refractivity contribution in [3.63, 3.8) is 0 Å². The number of nitrogens with two attached hydrogens (primary N) is 1. The summed E-state index contributed by atoms with van der Waals surface area (Å²) in [5.41, 5.74) is 6.52. The molecule has 0 aromatic heterocycles. The highest BCUT2D eigenvalue weighted by atomic mass is 16.3. The third-order valence-corrected chi connectivity index (χ3v) is 3.87. The maximum Gasteiger partial charge on any atom is 0.124 e. The highest BCUT2D eigenvalue weighted by Gasteiger charge is 2.28. The maximum atomic E-state index is 10.3. The molecule has 0 unspecified atom stereocenters. The zero-order chi connectivity index (χ0) is 13.1. The Kier molecular flexibility index (Phi) is 4.09. The van der Waals surface area contributed by atoms with Crippen molar-refractivity contribution < 1.29 is 15.3 Å². The first-order valence-corrected chi connectivity index (χ1v) is 6.55. The molecule has 0 bridgehead atoms. The van der Waals surface area contributed by atoms with Gasteiger partial charge in [0.25, 0.3) is 0 Å². The minimum Gasteiger partial charge on any atom is -0.508 e. The second kappa shape index (κ2) is 5.59. The lowest BCUT2D eigenvalue weighted by molar-refractivity contribution is 0.0611. The largest absolute Gasteiger partial charge is 0.508 e. The minimum atomic E-state index is -0.638. The second-order valence-corrected chi connectivity index (χ2v) is 5.16. The van der Waals surface area contributed by atoms with Crippen LogP contribution in [0.3, 0.4) is 0 Å². The summed E-state index contributed by atoms with van der Waals surface area (Å²) in [6.45, 7) is 0. The molecule has 2 rings (SSSR count). The van der Waals surface area contributed by atoms with E-state index >= 15 is 0 Å². The first kappa shape index (κ1) is 13.2. The smallest absolute Gasteiger partial charge is 0.124 e. The van der Waals surface area contributed by atoms with Crippen molar-refractivity contribution in [3.8, 4) is 11.5 Å². The average Bonchev–Trinajstić information content (AvgIpc) is 2.38. The van der Waals surface area contributed by atoms with Gasteiger partial charge in [-0.2, -0.15) is 0 Å². The predicted molar refractivity (Wildman–Crippen MR) is 69.3 cm³/mol. The molecule has 1 aliphatic carbocycles. The second-order valence-electron chi connectivity index (χ2n) is 5.16. The minimum absolute atomic E-state index is 0.00407. The van der Waals surface area contributed by atoms with Crippen molar-refractivity contribution in [2.75, 3.05) is 0 Å². The van der Waals surface area contributed by atoms with Gasteiger partial charge in [0, 0.05) is 11.6 Å². The number of hydrogen-bond donors (Lipinski definition) is 4. The fourth-order valence-electron chi connectivity index (χ4n) is 2.77. The van der Waals surface area contributed by atoms with Gasteiger partial charge in [-0.3, -0.25) is 0 Å². The molecule has 0 amide bonds. The highest BCUT2D eigenvalue weighted by molar-refractivity contribution is 5.41. The summed E-state index contributed by atoms with van der Waals surface area (Å²) in [5.74, 6) is 0.148. The Hall–Kier alpha value is -1.26. The number of rotatable bonds is 3. The van der Waals surface area contributed by atoms with Gasteiger partial charge in [0.05, 0.1) is 12.1 Å². The number of benzene rings is 1. The zero-order valence-electron chi connectivity index (χ0n) is 10.4. The van der Waals surface area contributed by atoms with Gasteiger partial charge in [-0.25, -0.2) is 0 Å². The molecule has 4 heteroatoms. The highest BCUT2D eigenvalue weighted by Crippen LogP contribution is 2.34. The molecule has 1 aromatic carbocycles. The molecule has 1 aliphatic rings. The van der Waals surface area contributed by atoms with E-state index in [9.17, 15) is 15.3 Å². The summed E-state index contributed by atoms with van der Waals surface area (Å²) in [4.78, 5) is 0. The van der Waals surface area contributed by atoms with Crippen LogP contribution in [0.25, 0.3) is 0 Å². The Balaban J connectivity index is 2.11. The molecule has 0 aliphatic heterocycles. The first-order valence-electron chi connectivity index (χ1n) is 6.55. The lowest BCUT2D eigenvalue weighted by Gasteiger charge is -2.30. The Morgan fingerprint density at radius 1 is 1.11 bits per heavy atom. The van der Waals surface area contributed by atoms with Gasteiger partial charge in [-0.1, -0.05) is 19.3 Å². The molecule has 0 spiro atoms. The summed E-state index contributed by atoms with van der Waals surface area (Å²) in [6.07, 6.45) is 4.84. The van der Waals surface area contributed by atoms with Crippen LogP contribution in [-0.4, -0.2) is 21.4 Å². The van der Waals surface area contributed by atoms with Crippen LogP contribution in [-0.2, 0) is 0 Å². The van der Waals surface area contributed by atoms with Gasteiger partial charge in [0.2, 0.25) is 0 Å². The van der Waals surface area contributed by atoms with Gasteiger partial charge in [-0.05, 0) is 30.9 Å². The standard InChI is InChI=1S/C14H21NO3/c15-13(11-7-6-10(16)8-12(11)17)14(18)9-4-2-1-3-5-9/h6-9,13-14,16-18H,1-5,15H2/t13-,14+/m1/s1. The maximum absolute atomic E-state index is 10.3. The summed E-state index contributed by atoms with van der Waals surface area (Å²) in [6, 6.07) is 3.70. The van der Waals surface area contributed by atoms with Crippen LogP contribution >= 0.6 is 0 Å². The lowest BCUT2D eigenvalue weighted by atomic mass is 9.81. The molecule has 1 saturated carbocycles. The van der Waals surface area contributed by atoms with Crippen LogP contribution in [0.4, 0.5) is 0 Å². The van der Waals surface area contributed by atoms with E-state index in [1.54, 1.807) is 6.07 Å². The predicted octanol–water partition coefficient (Wildman–Crippen LogP) is 2.04. The summed E-state index contributed by atoms with van der Waals surface area (Å²) >= 11 is 0. The van der Waals surface area contributed by atoms with Gasteiger partial charge in [0.1, 0.15) is 11.5 Å². The van der Waals surface area contributed by atoms with E-state index in [2.05, 4.69) is 0 Å². The van der Waals surface area contributed by atoms with Crippen molar-refractivity contribution in [2.24, 2.45) is 11.7 Å². The van der Waals surface area contributed by atoms with Crippen molar-refractivity contribution in [2.45, 2.75) is 44.2 Å². The SMILES string of the molecule is N[C@H](c1ccc(O)cc1O)[C@@H](O)C1CCCCC1. The zero-order valence-corrected chi connectivity index (χ0v) is 10.4. The number of phenols is 2. The number of phenolic OH excluding ortho intramolecular Hbond substituents is 2. The molecular formula is C14H21NO3. The molecule has 0 radical (unpaired) electrons. The van der Waals surface area contributed by atoms with Gasteiger partial charge in [-0.15, -0.1) is 0 Å². The Morgan fingerprint density at radius 2 is 1.78 bits per heavy atom. The molecule has 4 nitrogen and oxygen atoms in total. The van der Waals surface area contributed by atoms with Gasteiger partial charge < -0.3 is 21.1 Å². The van der Waals surface area contributed by atoms with E-state index in [0.29, 0.717) is 5.56 Å². The van der Waals surface area contributed by atoms with E-state index in [1.807, 2.05) is 0 Å². The van der Waals surface area contributed by atoms with Gasteiger partial charge in [0.15, 0.2) is 0 Å². The fraction of sp³-hybridized carbons (Fsp3) is 0.571. The van der Waals surface area contributed by atoms with Crippen LogP contribution < -0.4 is 5.73 Å². The third-order valence-electron chi connectivity index (χ3n) is 3.87. The Morgan fingerprint density at radius 3 is 2.39 bits per heavy atom. The lowest BCUT2D eigenvalue weighted by Crippen LogP contribution is -2.34. The quantitative estimate of drug-likeness (QED) is 0.662. The van der Waals surface area contributed by atoms with Crippen LogP contribution in [0, 0.1) is 5.92 Å². The summed E-state index contributed by atoms with van der Waals surface area (Å²) < 4.78 is 0. The molecular weight excluding hydrogens is 230 g/mol. The van der Waals surface area contributed by atoms with E-state index in [-0.39, 0.29) is 17.4 Å². The van der Waals surface area contributed by atoms with Crippen molar-refractivity contribution in [1.82, 2.24) is 0 Å². The third kappa shape index (κ3) is 2.76.